The lowest BCUT2D eigenvalue weighted by molar-refractivity contribution is 0.228. The van der Waals surface area contributed by atoms with E-state index in [2.05, 4.69) is 53.6 Å². The van der Waals surface area contributed by atoms with Gasteiger partial charge in [0.25, 0.3) is 0 Å². The molecule has 0 bridgehead atoms. The van der Waals surface area contributed by atoms with Crippen molar-refractivity contribution in [3.8, 4) is 0 Å². The van der Waals surface area contributed by atoms with Crippen molar-refractivity contribution in [2.45, 2.75) is 31.3 Å². The lowest BCUT2D eigenvalue weighted by atomic mass is 9.75. The molecule has 1 saturated heterocycles. The highest BCUT2D eigenvalue weighted by atomic mass is 32.1. The summed E-state index contributed by atoms with van der Waals surface area (Å²) in [6, 6.07) is 18.7. The molecule has 2 aromatic rings. The number of nitrogens with zero attached hydrogens (tertiary/aromatic N) is 1. The molecule has 2 heterocycles. The Kier molecular flexibility index (Phi) is 3.13. The first-order valence-corrected chi connectivity index (χ1v) is 8.47. The summed E-state index contributed by atoms with van der Waals surface area (Å²) in [5.41, 5.74) is 3.52. The number of rotatable bonds is 1. The zero-order valence-corrected chi connectivity index (χ0v) is 14.3. The Morgan fingerprint density at radius 2 is 1.78 bits per heavy atom. The summed E-state index contributed by atoms with van der Waals surface area (Å²) in [6.45, 7) is 5.56. The van der Waals surface area contributed by atoms with Crippen LogP contribution in [-0.4, -0.2) is 22.2 Å². The van der Waals surface area contributed by atoms with Crippen molar-refractivity contribution in [2.75, 3.05) is 17.2 Å². The predicted octanol–water partition coefficient (Wildman–Crippen LogP) is 4.19. The Morgan fingerprint density at radius 1 is 1.09 bits per heavy atom. The number of hydrogen-bond acceptors (Lipinski definition) is 2. The summed E-state index contributed by atoms with van der Waals surface area (Å²) in [7, 11) is 0. The molecule has 2 N–H and O–H groups in total. The number of hydrogen-bond donors (Lipinski definition) is 2. The van der Waals surface area contributed by atoms with E-state index in [-0.39, 0.29) is 11.1 Å². The second kappa shape index (κ2) is 4.96. The molecule has 0 aromatic heterocycles. The second-order valence-corrected chi connectivity index (χ2v) is 7.16. The van der Waals surface area contributed by atoms with Gasteiger partial charge in [0.1, 0.15) is 5.66 Å². The molecule has 2 aromatic carbocycles. The van der Waals surface area contributed by atoms with Crippen molar-refractivity contribution in [2.24, 2.45) is 0 Å². The van der Waals surface area contributed by atoms with Crippen LogP contribution in [0.1, 0.15) is 25.8 Å². The number of fused-ring (bicyclic) bond motifs is 3. The summed E-state index contributed by atoms with van der Waals surface area (Å²) in [5.74, 6) is 0. The number of benzene rings is 2. The molecule has 0 aliphatic carbocycles. The molecule has 1 fully saturated rings. The molecule has 23 heavy (non-hydrogen) atoms. The highest BCUT2D eigenvalue weighted by Crippen LogP contribution is 2.54. The zero-order chi connectivity index (χ0) is 16.1. The van der Waals surface area contributed by atoms with Crippen molar-refractivity contribution in [3.05, 3.63) is 60.2 Å². The van der Waals surface area contributed by atoms with E-state index in [1.807, 2.05) is 30.3 Å². The summed E-state index contributed by atoms with van der Waals surface area (Å²) in [5, 5.41) is 7.89. The number of para-hydroxylation sites is 2. The van der Waals surface area contributed by atoms with Crippen LogP contribution in [0.5, 0.6) is 0 Å². The lowest BCUT2D eigenvalue weighted by Crippen LogP contribution is -2.57. The van der Waals surface area contributed by atoms with E-state index in [1.54, 1.807) is 0 Å². The van der Waals surface area contributed by atoms with Crippen molar-refractivity contribution >= 4 is 28.7 Å². The van der Waals surface area contributed by atoms with Crippen LogP contribution in [0.2, 0.25) is 0 Å². The molecule has 4 heteroatoms. The molecule has 2 aliphatic heterocycles. The van der Waals surface area contributed by atoms with Gasteiger partial charge in [0, 0.05) is 23.3 Å². The average Bonchev–Trinajstić information content (AvgIpc) is 2.93. The third-order valence-electron chi connectivity index (χ3n) is 5.62. The minimum absolute atomic E-state index is 0.0615. The van der Waals surface area contributed by atoms with Gasteiger partial charge in [-0.3, -0.25) is 0 Å². The lowest BCUT2D eigenvalue weighted by Gasteiger charge is -2.42. The summed E-state index contributed by atoms with van der Waals surface area (Å²) >= 11 is 5.73. The molecule has 4 rings (SSSR count). The molecule has 0 radical (unpaired) electrons. The monoisotopic (exact) mass is 323 g/mol. The minimum atomic E-state index is -0.199. The first kappa shape index (κ1) is 14.5. The topological polar surface area (TPSA) is 27.3 Å². The van der Waals surface area contributed by atoms with Gasteiger partial charge in [0.2, 0.25) is 0 Å². The van der Waals surface area contributed by atoms with Gasteiger partial charge >= 0.3 is 0 Å². The fourth-order valence-corrected chi connectivity index (χ4v) is 4.45. The fourth-order valence-electron chi connectivity index (χ4n) is 4.06. The highest BCUT2D eigenvalue weighted by Gasteiger charge is 2.59. The Bertz CT molecular complexity index is 760. The maximum Gasteiger partial charge on any atom is 0.175 e. The van der Waals surface area contributed by atoms with Crippen LogP contribution < -0.4 is 10.6 Å². The maximum atomic E-state index is 5.73. The molecule has 118 valence electrons. The Labute approximate surface area is 142 Å². The van der Waals surface area contributed by atoms with E-state index in [9.17, 15) is 0 Å². The van der Waals surface area contributed by atoms with Gasteiger partial charge in [0.15, 0.2) is 5.11 Å². The largest absolute Gasteiger partial charge is 0.362 e. The molecule has 0 spiro atoms. The Morgan fingerprint density at radius 3 is 2.57 bits per heavy atom. The number of likely N-dealkylation sites (tertiary alicyclic amines) is 1. The predicted molar refractivity (Wildman–Crippen MR) is 99.8 cm³/mol. The first-order chi connectivity index (χ1) is 11.0. The molecule has 2 aliphatic rings. The van der Waals surface area contributed by atoms with Crippen LogP contribution in [-0.2, 0) is 5.41 Å². The van der Waals surface area contributed by atoms with E-state index in [0.717, 1.165) is 23.8 Å². The van der Waals surface area contributed by atoms with Crippen LogP contribution in [0.15, 0.2) is 54.6 Å². The van der Waals surface area contributed by atoms with Gasteiger partial charge in [-0.05, 0) is 49.3 Å². The third kappa shape index (κ3) is 1.98. The van der Waals surface area contributed by atoms with E-state index < -0.39 is 0 Å². The number of anilines is 2. The van der Waals surface area contributed by atoms with Crippen LogP contribution in [0.3, 0.4) is 0 Å². The van der Waals surface area contributed by atoms with E-state index in [1.165, 1.54) is 11.3 Å². The second-order valence-electron chi connectivity index (χ2n) is 6.77. The van der Waals surface area contributed by atoms with Crippen LogP contribution in [0.25, 0.3) is 0 Å². The van der Waals surface area contributed by atoms with Gasteiger partial charge in [-0.1, -0.05) is 43.3 Å². The van der Waals surface area contributed by atoms with E-state index in [4.69, 9.17) is 12.2 Å². The van der Waals surface area contributed by atoms with Crippen molar-refractivity contribution in [3.63, 3.8) is 0 Å². The Hall–Kier alpha value is -2.07. The fraction of sp³-hybridized carbons (Fsp3) is 0.316. The van der Waals surface area contributed by atoms with Gasteiger partial charge < -0.3 is 15.5 Å². The zero-order valence-electron chi connectivity index (χ0n) is 13.5. The third-order valence-corrected chi connectivity index (χ3v) is 5.94. The number of nitrogens with one attached hydrogen (secondary N) is 2. The SMILES string of the molecule is C[C@@]12CCN(C(=S)Nc3ccccc3)[C@]1(C)Nc1ccccc12. The van der Waals surface area contributed by atoms with Gasteiger partial charge in [-0.2, -0.15) is 0 Å². The van der Waals surface area contributed by atoms with Gasteiger partial charge in [0.05, 0.1) is 0 Å². The summed E-state index contributed by atoms with van der Waals surface area (Å²) in [4.78, 5) is 2.30. The normalized spacial score (nSPS) is 28.0. The smallest absolute Gasteiger partial charge is 0.175 e. The van der Waals surface area contributed by atoms with Gasteiger partial charge in [-0.25, -0.2) is 0 Å². The van der Waals surface area contributed by atoms with E-state index >= 15 is 0 Å². The van der Waals surface area contributed by atoms with Crippen LogP contribution in [0, 0.1) is 0 Å². The highest BCUT2D eigenvalue weighted by molar-refractivity contribution is 7.80. The standard InChI is InChI=1S/C19H21N3S/c1-18-12-13-22(17(23)20-14-8-4-3-5-9-14)19(18,2)21-16-11-7-6-10-15(16)18/h3-11,21H,12-13H2,1-2H3,(H,20,23)/t18-,19-/m0/s1. The molecule has 0 unspecified atom stereocenters. The summed E-state index contributed by atoms with van der Waals surface area (Å²) < 4.78 is 0. The van der Waals surface area contributed by atoms with Crippen molar-refractivity contribution in [1.29, 1.82) is 0 Å². The molecular formula is C19H21N3S. The van der Waals surface area contributed by atoms with Crippen LogP contribution >= 0.6 is 12.2 Å². The maximum absolute atomic E-state index is 5.73. The van der Waals surface area contributed by atoms with E-state index in [0.29, 0.717) is 0 Å². The molecule has 2 atom stereocenters. The molecule has 0 amide bonds. The Balaban J connectivity index is 1.65. The molecular weight excluding hydrogens is 302 g/mol. The minimum Gasteiger partial charge on any atom is -0.362 e. The average molecular weight is 323 g/mol. The number of thiocarbonyl (C=S) groups is 1. The van der Waals surface area contributed by atoms with Gasteiger partial charge in [-0.15, -0.1) is 0 Å². The van der Waals surface area contributed by atoms with Crippen molar-refractivity contribution in [1.82, 2.24) is 4.90 Å². The summed E-state index contributed by atoms with van der Waals surface area (Å²) in [6.07, 6.45) is 1.09. The quantitative estimate of drug-likeness (QED) is 0.770. The molecule has 3 nitrogen and oxygen atoms in total. The molecule has 0 saturated carbocycles. The van der Waals surface area contributed by atoms with Crippen LogP contribution in [0.4, 0.5) is 11.4 Å². The van der Waals surface area contributed by atoms with Crippen molar-refractivity contribution < 1.29 is 0 Å². The first-order valence-electron chi connectivity index (χ1n) is 8.06.